The van der Waals surface area contributed by atoms with Crippen LogP contribution in [0.3, 0.4) is 0 Å². The smallest absolute Gasteiger partial charge is 0.260 e. The fraction of sp³-hybridized carbons (Fsp3) is 0.417. The number of amides is 1. The van der Waals surface area contributed by atoms with Crippen molar-refractivity contribution >= 4 is 5.91 Å². The zero-order chi connectivity index (χ0) is 12.3. The summed E-state index contributed by atoms with van der Waals surface area (Å²) in [5.41, 5.74) is 0. The third kappa shape index (κ3) is 2.94. The second kappa shape index (κ2) is 5.14. The Morgan fingerprint density at radius 1 is 1.41 bits per heavy atom. The lowest BCUT2D eigenvalue weighted by molar-refractivity contribution is -0.140. The molecule has 1 N–H and O–H groups in total. The van der Waals surface area contributed by atoms with Gasteiger partial charge in [0.2, 0.25) is 0 Å². The number of halogens is 1. The van der Waals surface area contributed by atoms with Crippen LogP contribution in [-0.4, -0.2) is 42.2 Å². The van der Waals surface area contributed by atoms with E-state index in [-0.39, 0.29) is 30.9 Å². The number of aliphatic hydroxyl groups is 1. The summed E-state index contributed by atoms with van der Waals surface area (Å²) < 4.78 is 17.8. The number of ether oxygens (including phenoxy) is 1. The molecule has 5 heteroatoms. The third-order valence-corrected chi connectivity index (χ3v) is 2.74. The number of likely N-dealkylation sites (tertiary alicyclic amines) is 1. The van der Waals surface area contributed by atoms with Gasteiger partial charge in [0.25, 0.3) is 5.91 Å². The molecule has 1 aliphatic rings. The second-order valence-corrected chi connectivity index (χ2v) is 4.09. The molecule has 1 aromatic carbocycles. The Hall–Kier alpha value is -1.62. The van der Waals surface area contributed by atoms with Crippen LogP contribution in [0.5, 0.6) is 5.75 Å². The summed E-state index contributed by atoms with van der Waals surface area (Å²) in [5.74, 6) is 0.222. The van der Waals surface area contributed by atoms with E-state index < -0.39 is 0 Å². The topological polar surface area (TPSA) is 49.8 Å². The number of aliphatic hydroxyl groups excluding tert-OH is 1. The summed E-state index contributed by atoms with van der Waals surface area (Å²) in [6.45, 7) is 1.23. The molecule has 92 valence electrons. The molecule has 0 saturated carbocycles. The highest BCUT2D eigenvalue weighted by Gasteiger charge is 2.29. The maximum atomic E-state index is 12.6. The number of carbonyl (C=O) groups excluding carboxylic acids is 1. The number of carbonyl (C=O) groups is 1. The van der Waals surface area contributed by atoms with E-state index in [0.717, 1.165) is 0 Å². The molecular formula is C12H14FNO3. The van der Waals surface area contributed by atoms with E-state index in [0.29, 0.717) is 18.8 Å². The predicted octanol–water partition coefficient (Wildman–Crippen LogP) is 0.655. The van der Waals surface area contributed by atoms with E-state index >= 15 is 0 Å². The zero-order valence-corrected chi connectivity index (χ0v) is 9.30. The Morgan fingerprint density at radius 3 is 2.65 bits per heavy atom. The van der Waals surface area contributed by atoms with Gasteiger partial charge in [-0.25, -0.2) is 4.39 Å². The first-order chi connectivity index (χ1) is 8.19. The van der Waals surface area contributed by atoms with Gasteiger partial charge in [0.15, 0.2) is 6.61 Å². The summed E-state index contributed by atoms with van der Waals surface area (Å²) in [6.07, 6.45) is 0. The standard InChI is InChI=1S/C12H14FNO3/c13-10-1-3-11(4-2-10)17-8-12(16)14-5-9(6-14)7-15/h1-4,9,15H,5-8H2. The summed E-state index contributed by atoms with van der Waals surface area (Å²) in [7, 11) is 0. The van der Waals surface area contributed by atoms with Crippen LogP contribution in [0.4, 0.5) is 4.39 Å². The first kappa shape index (κ1) is 11.9. The molecule has 1 fully saturated rings. The predicted molar refractivity (Wildman–Crippen MR) is 59.1 cm³/mol. The molecule has 2 rings (SSSR count). The molecule has 1 heterocycles. The Labute approximate surface area is 98.6 Å². The van der Waals surface area contributed by atoms with Crippen molar-refractivity contribution in [2.75, 3.05) is 26.3 Å². The van der Waals surface area contributed by atoms with Gasteiger partial charge in [0, 0.05) is 25.6 Å². The van der Waals surface area contributed by atoms with Crippen LogP contribution >= 0.6 is 0 Å². The van der Waals surface area contributed by atoms with Gasteiger partial charge < -0.3 is 14.7 Å². The Kier molecular flexibility index (Phi) is 3.58. The quantitative estimate of drug-likeness (QED) is 0.839. The normalized spacial score (nSPS) is 15.5. The molecule has 0 unspecified atom stereocenters. The minimum atomic E-state index is -0.336. The lowest BCUT2D eigenvalue weighted by Gasteiger charge is -2.38. The summed E-state index contributed by atoms with van der Waals surface area (Å²) in [4.78, 5) is 13.2. The van der Waals surface area contributed by atoms with Gasteiger partial charge in [-0.2, -0.15) is 0 Å². The van der Waals surface area contributed by atoms with Crippen molar-refractivity contribution in [3.8, 4) is 5.75 Å². The minimum absolute atomic E-state index is 0.0518. The molecule has 0 radical (unpaired) electrons. The average molecular weight is 239 g/mol. The van der Waals surface area contributed by atoms with Gasteiger partial charge in [0.1, 0.15) is 11.6 Å². The molecule has 1 saturated heterocycles. The molecular weight excluding hydrogens is 225 g/mol. The van der Waals surface area contributed by atoms with E-state index in [1.807, 2.05) is 0 Å². The monoisotopic (exact) mass is 239 g/mol. The van der Waals surface area contributed by atoms with Gasteiger partial charge in [0.05, 0.1) is 0 Å². The van der Waals surface area contributed by atoms with Crippen LogP contribution in [-0.2, 0) is 4.79 Å². The molecule has 1 amide bonds. The molecule has 1 aliphatic heterocycles. The zero-order valence-electron chi connectivity index (χ0n) is 9.30. The number of rotatable bonds is 4. The lowest BCUT2D eigenvalue weighted by Crippen LogP contribution is -2.52. The van der Waals surface area contributed by atoms with Crippen LogP contribution in [0.1, 0.15) is 0 Å². The van der Waals surface area contributed by atoms with E-state index in [9.17, 15) is 9.18 Å². The third-order valence-electron chi connectivity index (χ3n) is 2.74. The van der Waals surface area contributed by atoms with Gasteiger partial charge in [-0.1, -0.05) is 0 Å². The van der Waals surface area contributed by atoms with Crippen molar-refractivity contribution in [2.45, 2.75) is 0 Å². The summed E-state index contributed by atoms with van der Waals surface area (Å²) >= 11 is 0. The van der Waals surface area contributed by atoms with E-state index in [4.69, 9.17) is 9.84 Å². The second-order valence-electron chi connectivity index (χ2n) is 4.09. The molecule has 4 nitrogen and oxygen atoms in total. The number of hydrogen-bond acceptors (Lipinski definition) is 3. The average Bonchev–Trinajstić information content (AvgIpc) is 2.27. The highest BCUT2D eigenvalue weighted by atomic mass is 19.1. The van der Waals surface area contributed by atoms with Crippen LogP contribution in [0.25, 0.3) is 0 Å². The molecule has 0 aromatic heterocycles. The molecule has 0 atom stereocenters. The SMILES string of the molecule is O=C(COc1ccc(F)cc1)N1CC(CO)C1. The fourth-order valence-electron chi connectivity index (χ4n) is 1.66. The number of nitrogens with zero attached hydrogens (tertiary/aromatic N) is 1. The maximum Gasteiger partial charge on any atom is 0.260 e. The van der Waals surface area contributed by atoms with E-state index in [1.165, 1.54) is 24.3 Å². The Morgan fingerprint density at radius 2 is 2.06 bits per heavy atom. The van der Waals surface area contributed by atoms with Crippen LogP contribution in [0, 0.1) is 11.7 Å². The largest absolute Gasteiger partial charge is 0.484 e. The van der Waals surface area contributed by atoms with Crippen molar-refractivity contribution in [3.63, 3.8) is 0 Å². The molecule has 0 spiro atoms. The van der Waals surface area contributed by atoms with Gasteiger partial charge in [-0.05, 0) is 24.3 Å². The van der Waals surface area contributed by atoms with E-state index in [1.54, 1.807) is 4.90 Å². The van der Waals surface area contributed by atoms with Crippen LogP contribution in [0.15, 0.2) is 24.3 Å². The van der Waals surface area contributed by atoms with Crippen molar-refractivity contribution in [3.05, 3.63) is 30.1 Å². The van der Waals surface area contributed by atoms with Crippen LogP contribution < -0.4 is 4.74 Å². The van der Waals surface area contributed by atoms with E-state index in [2.05, 4.69) is 0 Å². The first-order valence-corrected chi connectivity index (χ1v) is 5.46. The van der Waals surface area contributed by atoms with Gasteiger partial charge in [-0.3, -0.25) is 4.79 Å². The fourth-order valence-corrected chi connectivity index (χ4v) is 1.66. The number of benzene rings is 1. The first-order valence-electron chi connectivity index (χ1n) is 5.46. The number of hydrogen-bond donors (Lipinski definition) is 1. The van der Waals surface area contributed by atoms with Crippen molar-refractivity contribution in [1.82, 2.24) is 4.90 Å². The lowest BCUT2D eigenvalue weighted by atomic mass is 10.0. The highest BCUT2D eigenvalue weighted by molar-refractivity contribution is 5.78. The molecule has 1 aromatic rings. The molecule has 0 aliphatic carbocycles. The van der Waals surface area contributed by atoms with Crippen molar-refractivity contribution in [1.29, 1.82) is 0 Å². The van der Waals surface area contributed by atoms with Crippen molar-refractivity contribution in [2.24, 2.45) is 5.92 Å². The Balaban J connectivity index is 1.75. The van der Waals surface area contributed by atoms with Crippen LogP contribution in [0.2, 0.25) is 0 Å². The van der Waals surface area contributed by atoms with Gasteiger partial charge >= 0.3 is 0 Å². The molecule has 17 heavy (non-hydrogen) atoms. The summed E-state index contributed by atoms with van der Waals surface area (Å²) in [5, 5.41) is 8.81. The Bertz CT molecular complexity index is 387. The highest BCUT2D eigenvalue weighted by Crippen LogP contribution is 2.16. The van der Waals surface area contributed by atoms with Gasteiger partial charge in [-0.15, -0.1) is 0 Å². The minimum Gasteiger partial charge on any atom is -0.484 e. The maximum absolute atomic E-state index is 12.6. The summed E-state index contributed by atoms with van der Waals surface area (Å²) in [6, 6.07) is 5.53. The molecule has 0 bridgehead atoms. The van der Waals surface area contributed by atoms with Crippen molar-refractivity contribution < 1.29 is 19.0 Å².